The van der Waals surface area contributed by atoms with Crippen molar-refractivity contribution in [3.8, 4) is 0 Å². The monoisotopic (exact) mass is 342 g/mol. The summed E-state index contributed by atoms with van der Waals surface area (Å²) in [6.45, 7) is 5.38. The van der Waals surface area contributed by atoms with Gasteiger partial charge in [-0.05, 0) is 25.3 Å². The summed E-state index contributed by atoms with van der Waals surface area (Å²) in [5.74, 6) is -0.525. The van der Waals surface area contributed by atoms with Crippen LogP contribution >= 0.6 is 11.3 Å². The molecule has 0 bridgehead atoms. The molecule has 0 unspecified atom stereocenters. The predicted molar refractivity (Wildman–Crippen MR) is 93.3 cm³/mol. The number of anilines is 1. The molecule has 1 aromatic heterocycles. The van der Waals surface area contributed by atoms with Crippen molar-refractivity contribution in [3.63, 3.8) is 0 Å². The van der Waals surface area contributed by atoms with Crippen molar-refractivity contribution in [1.82, 2.24) is 4.98 Å². The van der Waals surface area contributed by atoms with E-state index in [1.165, 1.54) is 6.08 Å². The van der Waals surface area contributed by atoms with Gasteiger partial charge in [-0.25, -0.2) is 9.78 Å². The van der Waals surface area contributed by atoms with Crippen molar-refractivity contribution in [3.05, 3.63) is 59.1 Å². The molecule has 3 rings (SSSR count). The van der Waals surface area contributed by atoms with E-state index in [1.54, 1.807) is 6.92 Å². The van der Waals surface area contributed by atoms with Gasteiger partial charge >= 0.3 is 5.97 Å². The Morgan fingerprint density at radius 2 is 2.08 bits per heavy atom. The second-order valence-corrected chi connectivity index (χ2v) is 6.72. The number of hydrogen-bond donors (Lipinski definition) is 1. The molecule has 1 saturated carbocycles. The standard InChI is InChI=1S/C18H18N2O3S/c1-3-11-23-15(21)14-12(2)19-17(24-14)20-16(22)18(9-10-18)13-7-5-4-6-8-13/h3-8H,1,9-11H2,2H3,(H,19,20,22). The maximum Gasteiger partial charge on any atom is 0.350 e. The number of carbonyl (C=O) groups is 2. The van der Waals surface area contributed by atoms with Crippen LogP contribution in [0.25, 0.3) is 0 Å². The molecule has 0 spiro atoms. The van der Waals surface area contributed by atoms with E-state index in [9.17, 15) is 9.59 Å². The third-order valence-electron chi connectivity index (χ3n) is 4.05. The smallest absolute Gasteiger partial charge is 0.350 e. The average molecular weight is 342 g/mol. The number of thiazole rings is 1. The van der Waals surface area contributed by atoms with Crippen LogP contribution in [-0.2, 0) is 14.9 Å². The lowest BCUT2D eigenvalue weighted by Crippen LogP contribution is -2.27. The van der Waals surface area contributed by atoms with Gasteiger partial charge < -0.3 is 10.1 Å². The van der Waals surface area contributed by atoms with Crippen LogP contribution in [0.5, 0.6) is 0 Å². The van der Waals surface area contributed by atoms with Crippen LogP contribution in [-0.4, -0.2) is 23.5 Å². The SMILES string of the molecule is C=CCOC(=O)c1sc(NC(=O)C2(c3ccccc3)CC2)nc1C. The third-order valence-corrected chi connectivity index (χ3v) is 5.10. The van der Waals surface area contributed by atoms with Crippen LogP contribution in [0.15, 0.2) is 43.0 Å². The van der Waals surface area contributed by atoms with Gasteiger partial charge in [0.1, 0.15) is 11.5 Å². The highest BCUT2D eigenvalue weighted by atomic mass is 32.1. The van der Waals surface area contributed by atoms with E-state index in [0.29, 0.717) is 15.7 Å². The Hall–Kier alpha value is -2.47. The lowest BCUT2D eigenvalue weighted by molar-refractivity contribution is -0.118. The van der Waals surface area contributed by atoms with E-state index in [4.69, 9.17) is 4.74 Å². The van der Waals surface area contributed by atoms with Crippen LogP contribution < -0.4 is 5.32 Å². The maximum absolute atomic E-state index is 12.7. The van der Waals surface area contributed by atoms with Gasteiger partial charge in [-0.1, -0.05) is 54.3 Å². The van der Waals surface area contributed by atoms with Gasteiger partial charge in [0.25, 0.3) is 0 Å². The Kier molecular flexibility index (Phi) is 4.49. The Morgan fingerprint density at radius 3 is 2.71 bits per heavy atom. The molecular weight excluding hydrogens is 324 g/mol. The van der Waals surface area contributed by atoms with Crippen molar-refractivity contribution < 1.29 is 14.3 Å². The molecule has 6 heteroatoms. The summed E-state index contributed by atoms with van der Waals surface area (Å²) >= 11 is 1.13. The number of amides is 1. The molecular formula is C18H18N2O3S. The van der Waals surface area contributed by atoms with E-state index < -0.39 is 11.4 Å². The van der Waals surface area contributed by atoms with Crippen molar-refractivity contribution in [2.45, 2.75) is 25.2 Å². The summed E-state index contributed by atoms with van der Waals surface area (Å²) < 4.78 is 5.03. The summed E-state index contributed by atoms with van der Waals surface area (Å²) in [5, 5.41) is 3.28. The second kappa shape index (κ2) is 6.57. The normalized spacial score (nSPS) is 14.7. The molecule has 24 heavy (non-hydrogen) atoms. The number of benzene rings is 1. The topological polar surface area (TPSA) is 68.3 Å². The Labute approximate surface area is 144 Å². The molecule has 0 saturated heterocycles. The first-order chi connectivity index (χ1) is 11.6. The molecule has 0 radical (unpaired) electrons. The number of aromatic nitrogens is 1. The summed E-state index contributed by atoms with van der Waals surface area (Å²) in [5.41, 5.74) is 1.10. The molecule has 1 aliphatic carbocycles. The molecule has 1 heterocycles. The van der Waals surface area contributed by atoms with Crippen molar-refractivity contribution in [2.24, 2.45) is 0 Å². The highest BCUT2D eigenvalue weighted by Gasteiger charge is 2.51. The number of nitrogens with zero attached hydrogens (tertiary/aromatic N) is 1. The van der Waals surface area contributed by atoms with Crippen LogP contribution in [0, 0.1) is 6.92 Å². The molecule has 1 aliphatic rings. The van der Waals surface area contributed by atoms with E-state index in [2.05, 4.69) is 16.9 Å². The molecule has 1 aromatic carbocycles. The molecule has 124 valence electrons. The molecule has 0 atom stereocenters. The van der Waals surface area contributed by atoms with Gasteiger partial charge in [-0.2, -0.15) is 0 Å². The number of hydrogen-bond acceptors (Lipinski definition) is 5. The minimum atomic E-state index is -0.468. The minimum absolute atomic E-state index is 0.0755. The number of esters is 1. The zero-order chi connectivity index (χ0) is 17.2. The first-order valence-corrected chi connectivity index (χ1v) is 8.51. The minimum Gasteiger partial charge on any atom is -0.457 e. The predicted octanol–water partition coefficient (Wildman–Crippen LogP) is 3.46. The molecule has 1 fully saturated rings. The van der Waals surface area contributed by atoms with Crippen molar-refractivity contribution >= 4 is 28.3 Å². The van der Waals surface area contributed by atoms with Crippen LogP contribution in [0.2, 0.25) is 0 Å². The van der Waals surface area contributed by atoms with Gasteiger partial charge in [0.2, 0.25) is 5.91 Å². The summed E-state index contributed by atoms with van der Waals surface area (Å²) in [6, 6.07) is 9.74. The maximum atomic E-state index is 12.7. The lowest BCUT2D eigenvalue weighted by atomic mass is 9.95. The fourth-order valence-corrected chi connectivity index (χ4v) is 3.44. The Bertz CT molecular complexity index is 779. The molecule has 1 N–H and O–H groups in total. The van der Waals surface area contributed by atoms with Gasteiger partial charge in [0.15, 0.2) is 5.13 Å². The van der Waals surface area contributed by atoms with Crippen molar-refractivity contribution in [1.29, 1.82) is 0 Å². The lowest BCUT2D eigenvalue weighted by Gasteiger charge is -2.14. The van der Waals surface area contributed by atoms with Gasteiger partial charge in [0, 0.05) is 0 Å². The fourth-order valence-electron chi connectivity index (χ4n) is 2.59. The summed E-state index contributed by atoms with van der Waals surface area (Å²) in [4.78, 5) is 29.3. The number of aryl methyl sites for hydroxylation is 1. The van der Waals surface area contributed by atoms with Crippen LogP contribution in [0.3, 0.4) is 0 Å². The first-order valence-electron chi connectivity index (χ1n) is 7.69. The van der Waals surface area contributed by atoms with Crippen LogP contribution in [0.4, 0.5) is 5.13 Å². The molecule has 5 nitrogen and oxygen atoms in total. The molecule has 1 amide bonds. The zero-order valence-electron chi connectivity index (χ0n) is 13.4. The van der Waals surface area contributed by atoms with E-state index >= 15 is 0 Å². The second-order valence-electron chi connectivity index (χ2n) is 5.72. The first kappa shape index (κ1) is 16.4. The molecule has 2 aromatic rings. The van der Waals surface area contributed by atoms with Gasteiger partial charge in [-0.15, -0.1) is 0 Å². The highest BCUT2D eigenvalue weighted by Crippen LogP contribution is 2.49. The quantitative estimate of drug-likeness (QED) is 0.645. The van der Waals surface area contributed by atoms with E-state index in [-0.39, 0.29) is 12.5 Å². The largest absolute Gasteiger partial charge is 0.457 e. The van der Waals surface area contributed by atoms with Crippen molar-refractivity contribution in [2.75, 3.05) is 11.9 Å². The van der Waals surface area contributed by atoms with Gasteiger partial charge in [0.05, 0.1) is 11.1 Å². The highest BCUT2D eigenvalue weighted by molar-refractivity contribution is 7.17. The van der Waals surface area contributed by atoms with E-state index in [1.807, 2.05) is 30.3 Å². The number of carbonyl (C=O) groups excluding carboxylic acids is 2. The molecule has 0 aliphatic heterocycles. The Morgan fingerprint density at radius 1 is 1.38 bits per heavy atom. The summed E-state index contributed by atoms with van der Waals surface area (Å²) in [7, 11) is 0. The fraction of sp³-hybridized carbons (Fsp3) is 0.278. The third kappa shape index (κ3) is 3.10. The number of nitrogens with one attached hydrogen (secondary N) is 1. The van der Waals surface area contributed by atoms with Gasteiger partial charge in [-0.3, -0.25) is 4.79 Å². The average Bonchev–Trinajstić information content (AvgIpc) is 3.32. The van der Waals surface area contributed by atoms with Crippen LogP contribution in [0.1, 0.15) is 33.8 Å². The van der Waals surface area contributed by atoms with E-state index in [0.717, 1.165) is 29.7 Å². The zero-order valence-corrected chi connectivity index (χ0v) is 14.2. The number of rotatable bonds is 6. The summed E-state index contributed by atoms with van der Waals surface area (Å²) in [6.07, 6.45) is 3.15. The number of ether oxygens (including phenoxy) is 1. The Balaban J connectivity index is 1.74.